The highest BCUT2D eigenvalue weighted by Crippen LogP contribution is 2.43. The lowest BCUT2D eigenvalue weighted by atomic mass is 9.88. The van der Waals surface area contributed by atoms with Gasteiger partial charge >= 0.3 is 0 Å². The van der Waals surface area contributed by atoms with Crippen molar-refractivity contribution in [2.45, 2.75) is 38.6 Å². The number of benzene rings is 3. The van der Waals surface area contributed by atoms with Gasteiger partial charge in [0.05, 0.1) is 11.6 Å². The second kappa shape index (κ2) is 10.2. The normalized spacial score (nSPS) is 18.3. The Morgan fingerprint density at radius 3 is 2.21 bits per heavy atom. The maximum absolute atomic E-state index is 13.5. The van der Waals surface area contributed by atoms with Gasteiger partial charge in [-0.1, -0.05) is 24.3 Å². The lowest BCUT2D eigenvalue weighted by Gasteiger charge is -2.26. The highest BCUT2D eigenvalue weighted by molar-refractivity contribution is 6.51. The first-order valence-corrected chi connectivity index (χ1v) is 12.8. The topological polar surface area (TPSA) is 90.0 Å². The predicted molar refractivity (Wildman–Crippen MR) is 149 cm³/mol. The van der Waals surface area contributed by atoms with Crippen LogP contribution in [0.15, 0.2) is 72.3 Å². The van der Waals surface area contributed by atoms with Gasteiger partial charge in [0.2, 0.25) is 5.91 Å². The second-order valence-corrected chi connectivity index (χ2v) is 10.1. The molecule has 3 aromatic rings. The number of aryl methyl sites for hydroxylation is 2. The quantitative estimate of drug-likeness (QED) is 0.280. The zero-order valence-electron chi connectivity index (χ0n) is 21.8. The average molecular weight is 510 g/mol. The Bertz CT molecular complexity index is 1440. The molecule has 2 N–H and O–H groups in total. The lowest BCUT2D eigenvalue weighted by Crippen LogP contribution is -2.29. The van der Waals surface area contributed by atoms with Gasteiger partial charge in [-0.05, 0) is 84.8 Å². The summed E-state index contributed by atoms with van der Waals surface area (Å²) >= 11 is 0. The van der Waals surface area contributed by atoms with E-state index in [-0.39, 0.29) is 17.2 Å². The summed E-state index contributed by atoms with van der Waals surface area (Å²) in [6.45, 7) is 1.42. The van der Waals surface area contributed by atoms with Crippen LogP contribution < -0.4 is 15.1 Å². The van der Waals surface area contributed by atoms with Crippen LogP contribution in [0.5, 0.6) is 0 Å². The Hall–Kier alpha value is -4.39. The number of aliphatic hydroxyl groups is 1. The molecule has 1 aliphatic carbocycles. The standard InChI is InChI=1S/C31H31N3O4/c1-19(35)32-24-12-16-26(17-13-24)34-28(21-10-14-25(15-11-21)33(2)3)27(30(37)31(34)38)29(36)23-9-8-20-6-4-5-7-22(20)18-23/h8-18,28,36H,4-7H2,1-3H3,(H,32,35)/b29-27-. The summed E-state index contributed by atoms with van der Waals surface area (Å²) in [6.07, 6.45) is 4.18. The summed E-state index contributed by atoms with van der Waals surface area (Å²) in [5.41, 5.74) is 5.80. The van der Waals surface area contributed by atoms with Crippen LogP contribution in [0.25, 0.3) is 5.76 Å². The molecule has 7 nitrogen and oxygen atoms in total. The maximum Gasteiger partial charge on any atom is 0.300 e. The molecule has 1 heterocycles. The minimum absolute atomic E-state index is 0.0642. The molecule has 5 rings (SSSR count). The zero-order valence-corrected chi connectivity index (χ0v) is 21.8. The zero-order chi connectivity index (χ0) is 27.0. The van der Waals surface area contributed by atoms with Gasteiger partial charge in [0, 0.05) is 43.6 Å². The number of carbonyl (C=O) groups is 3. The monoisotopic (exact) mass is 509 g/mol. The van der Waals surface area contributed by atoms with Crippen molar-refractivity contribution in [3.8, 4) is 0 Å². The summed E-state index contributed by atoms with van der Waals surface area (Å²) in [6, 6.07) is 19.4. The number of fused-ring (bicyclic) bond motifs is 1. The molecule has 7 heteroatoms. The van der Waals surface area contributed by atoms with Gasteiger partial charge in [0.1, 0.15) is 5.76 Å². The van der Waals surface area contributed by atoms with Crippen LogP contribution in [0.1, 0.15) is 48.1 Å². The summed E-state index contributed by atoms with van der Waals surface area (Å²) in [5.74, 6) is -1.81. The van der Waals surface area contributed by atoms with E-state index in [1.807, 2.05) is 61.5 Å². The van der Waals surface area contributed by atoms with E-state index in [0.717, 1.165) is 31.4 Å². The molecule has 0 spiro atoms. The Balaban J connectivity index is 1.64. The Morgan fingerprint density at radius 1 is 0.921 bits per heavy atom. The van der Waals surface area contributed by atoms with Gasteiger partial charge in [-0.25, -0.2) is 0 Å². The van der Waals surface area contributed by atoms with E-state index in [4.69, 9.17) is 0 Å². The third-order valence-corrected chi connectivity index (χ3v) is 7.26. The average Bonchev–Trinajstić information content (AvgIpc) is 3.18. The minimum Gasteiger partial charge on any atom is -0.507 e. The van der Waals surface area contributed by atoms with E-state index in [1.165, 1.54) is 23.0 Å². The second-order valence-electron chi connectivity index (χ2n) is 10.1. The molecule has 0 bridgehead atoms. The fraction of sp³-hybridized carbons (Fsp3) is 0.258. The summed E-state index contributed by atoms with van der Waals surface area (Å²) in [7, 11) is 3.88. The van der Waals surface area contributed by atoms with Crippen molar-refractivity contribution in [1.29, 1.82) is 0 Å². The molecular weight excluding hydrogens is 478 g/mol. The number of nitrogens with zero attached hydrogens (tertiary/aromatic N) is 2. The highest BCUT2D eigenvalue weighted by Gasteiger charge is 2.47. The minimum atomic E-state index is -0.811. The molecular formula is C31H31N3O4. The molecule has 1 aliphatic heterocycles. The predicted octanol–water partition coefficient (Wildman–Crippen LogP) is 5.22. The first kappa shape index (κ1) is 25.3. The van der Waals surface area contributed by atoms with Crippen molar-refractivity contribution in [1.82, 2.24) is 0 Å². The van der Waals surface area contributed by atoms with Crippen LogP contribution >= 0.6 is 0 Å². The van der Waals surface area contributed by atoms with E-state index in [2.05, 4.69) is 5.32 Å². The van der Waals surface area contributed by atoms with Gasteiger partial charge in [0.25, 0.3) is 11.7 Å². The van der Waals surface area contributed by atoms with E-state index in [9.17, 15) is 19.5 Å². The summed E-state index contributed by atoms with van der Waals surface area (Å²) in [4.78, 5) is 41.8. The smallest absolute Gasteiger partial charge is 0.300 e. The van der Waals surface area contributed by atoms with E-state index >= 15 is 0 Å². The SMILES string of the molecule is CC(=O)Nc1ccc(N2C(=O)C(=O)/C(=C(\O)c3ccc4c(c3)CCCC4)C2c2ccc(N(C)C)cc2)cc1. The Labute approximate surface area is 222 Å². The lowest BCUT2D eigenvalue weighted by molar-refractivity contribution is -0.132. The number of nitrogens with one attached hydrogen (secondary N) is 1. The van der Waals surface area contributed by atoms with Gasteiger partial charge in [-0.2, -0.15) is 0 Å². The van der Waals surface area contributed by atoms with Crippen molar-refractivity contribution in [2.24, 2.45) is 0 Å². The molecule has 2 aliphatic rings. The van der Waals surface area contributed by atoms with Crippen molar-refractivity contribution >= 4 is 40.4 Å². The molecule has 1 unspecified atom stereocenters. The van der Waals surface area contributed by atoms with Gasteiger partial charge in [0.15, 0.2) is 0 Å². The maximum atomic E-state index is 13.5. The van der Waals surface area contributed by atoms with Gasteiger partial charge < -0.3 is 15.3 Å². The Morgan fingerprint density at radius 2 is 1.58 bits per heavy atom. The Kier molecular flexibility index (Phi) is 6.76. The van der Waals surface area contributed by atoms with Crippen LogP contribution in [0.4, 0.5) is 17.1 Å². The number of ketones is 1. The van der Waals surface area contributed by atoms with Crippen molar-refractivity contribution in [3.05, 3.63) is 94.6 Å². The van der Waals surface area contributed by atoms with Crippen molar-refractivity contribution in [2.75, 3.05) is 29.2 Å². The van der Waals surface area contributed by atoms with Crippen LogP contribution in [-0.4, -0.2) is 36.8 Å². The molecule has 38 heavy (non-hydrogen) atoms. The summed E-state index contributed by atoms with van der Waals surface area (Å²) in [5, 5.41) is 14.2. The number of hydrogen-bond acceptors (Lipinski definition) is 5. The number of rotatable bonds is 5. The van der Waals surface area contributed by atoms with Crippen LogP contribution in [0.3, 0.4) is 0 Å². The van der Waals surface area contributed by atoms with Crippen LogP contribution in [0, 0.1) is 0 Å². The number of carbonyl (C=O) groups excluding carboxylic acids is 3. The molecule has 0 radical (unpaired) electrons. The molecule has 2 amide bonds. The first-order chi connectivity index (χ1) is 18.2. The van der Waals surface area contributed by atoms with Crippen LogP contribution in [-0.2, 0) is 27.2 Å². The number of aliphatic hydroxyl groups excluding tert-OH is 1. The van der Waals surface area contributed by atoms with Crippen molar-refractivity contribution < 1.29 is 19.5 Å². The third-order valence-electron chi connectivity index (χ3n) is 7.26. The highest BCUT2D eigenvalue weighted by atomic mass is 16.3. The molecule has 1 saturated heterocycles. The number of amides is 2. The fourth-order valence-electron chi connectivity index (χ4n) is 5.31. The number of anilines is 3. The molecule has 0 saturated carbocycles. The molecule has 1 fully saturated rings. The van der Waals surface area contributed by atoms with Gasteiger partial charge in [-0.15, -0.1) is 0 Å². The van der Waals surface area contributed by atoms with E-state index < -0.39 is 17.7 Å². The van der Waals surface area contributed by atoms with E-state index in [0.29, 0.717) is 22.5 Å². The fourth-order valence-corrected chi connectivity index (χ4v) is 5.31. The molecule has 1 atom stereocenters. The third kappa shape index (κ3) is 4.67. The van der Waals surface area contributed by atoms with Gasteiger partial charge in [-0.3, -0.25) is 19.3 Å². The van der Waals surface area contributed by atoms with Crippen LogP contribution in [0.2, 0.25) is 0 Å². The number of hydrogen-bond donors (Lipinski definition) is 2. The number of Topliss-reactive ketones (excluding diaryl/α,β-unsaturated/α-hetero) is 1. The van der Waals surface area contributed by atoms with E-state index in [1.54, 1.807) is 24.3 Å². The largest absolute Gasteiger partial charge is 0.507 e. The molecule has 194 valence electrons. The summed E-state index contributed by atoms with van der Waals surface area (Å²) < 4.78 is 0. The molecule has 3 aromatic carbocycles. The molecule has 0 aromatic heterocycles. The first-order valence-electron chi connectivity index (χ1n) is 12.8. The van der Waals surface area contributed by atoms with Crippen molar-refractivity contribution in [3.63, 3.8) is 0 Å².